The van der Waals surface area contributed by atoms with Crippen LogP contribution in [0.5, 0.6) is 0 Å². The summed E-state index contributed by atoms with van der Waals surface area (Å²) in [7, 11) is 0. The number of aliphatic hydroxyl groups excluding tert-OH is 8. The predicted molar refractivity (Wildman–Crippen MR) is 246 cm³/mol. The van der Waals surface area contributed by atoms with Gasteiger partial charge in [-0.15, -0.1) is 0 Å². The highest BCUT2D eigenvalue weighted by molar-refractivity contribution is 5.88. The Morgan fingerprint density at radius 3 is 1.07 bits per heavy atom. The van der Waals surface area contributed by atoms with Crippen LogP contribution in [0.4, 0.5) is 0 Å². The van der Waals surface area contributed by atoms with Crippen LogP contribution in [0.2, 0.25) is 0 Å². The van der Waals surface area contributed by atoms with Crippen LogP contribution in [0.3, 0.4) is 0 Å². The van der Waals surface area contributed by atoms with Crippen LogP contribution in [0.15, 0.2) is 60.8 Å². The van der Waals surface area contributed by atoms with Crippen molar-refractivity contribution in [2.75, 3.05) is 79.3 Å². The Balaban J connectivity index is 2.63. The van der Waals surface area contributed by atoms with E-state index in [4.69, 9.17) is 61.6 Å². The maximum atomic E-state index is 12.1. The maximum Gasteiger partial charge on any atom is 0.333 e. The molecule has 0 radical (unpaired) electrons. The third-order valence-electron chi connectivity index (χ3n) is 9.97. The van der Waals surface area contributed by atoms with Gasteiger partial charge in [0.05, 0.1) is 46.2 Å². The Hall–Kier alpha value is -4.59. The molecule has 0 spiro atoms. The fourth-order valence-corrected chi connectivity index (χ4v) is 6.11. The summed E-state index contributed by atoms with van der Waals surface area (Å²) in [5.74, 6) is -4.12. The van der Waals surface area contributed by atoms with Crippen LogP contribution in [0, 0.1) is 0 Å². The molecule has 73 heavy (non-hydrogen) atoms. The smallest absolute Gasteiger partial charge is 0.333 e. The molecule has 2 aliphatic rings. The van der Waals surface area contributed by atoms with Crippen LogP contribution in [-0.2, 0) is 85.6 Å². The number of carbonyl (C=O) groups is 5. The van der Waals surface area contributed by atoms with Crippen molar-refractivity contribution in [2.45, 2.75) is 127 Å². The van der Waals surface area contributed by atoms with Gasteiger partial charge >= 0.3 is 29.8 Å². The minimum absolute atomic E-state index is 0.0207. The highest BCUT2D eigenvalue weighted by Crippen LogP contribution is 2.33. The molecular formula is C47H72O26. The first kappa shape index (κ1) is 64.5. The lowest BCUT2D eigenvalue weighted by Gasteiger charge is -2.48. The molecule has 0 aromatic carbocycles. The second-order valence-corrected chi connectivity index (χ2v) is 17.3. The van der Waals surface area contributed by atoms with Gasteiger partial charge in [-0.2, -0.15) is 0 Å². The van der Waals surface area contributed by atoms with E-state index in [0.717, 1.165) is 0 Å². The van der Waals surface area contributed by atoms with Crippen LogP contribution in [0.1, 0.15) is 34.6 Å². The number of aliphatic hydroxyl groups is 8. The average molecular weight is 1050 g/mol. The van der Waals surface area contributed by atoms with Gasteiger partial charge in [-0.25, -0.2) is 24.0 Å². The molecule has 26 nitrogen and oxygen atoms in total. The molecule has 2 aliphatic heterocycles. The van der Waals surface area contributed by atoms with Crippen molar-refractivity contribution in [1.29, 1.82) is 0 Å². The van der Waals surface area contributed by atoms with Crippen LogP contribution in [-0.4, -0.2) is 242 Å². The van der Waals surface area contributed by atoms with E-state index in [9.17, 15) is 64.8 Å². The lowest BCUT2D eigenvalue weighted by Crippen LogP contribution is -2.66. The second kappa shape index (κ2) is 32.7. The molecule has 2 rings (SSSR count). The van der Waals surface area contributed by atoms with E-state index < -0.39 is 201 Å². The van der Waals surface area contributed by atoms with Gasteiger partial charge in [-0.05, 0) is 34.6 Å². The van der Waals surface area contributed by atoms with Gasteiger partial charge in [-0.1, -0.05) is 32.9 Å². The molecule has 2 fully saturated rings. The zero-order valence-corrected chi connectivity index (χ0v) is 41.6. The molecule has 0 bridgehead atoms. The summed E-state index contributed by atoms with van der Waals surface area (Å²) in [4.78, 5) is 60.1. The molecule has 0 amide bonds. The number of esters is 5. The van der Waals surface area contributed by atoms with E-state index in [0.29, 0.717) is 0 Å². The molecule has 0 aromatic heterocycles. The highest BCUT2D eigenvalue weighted by atomic mass is 16.8. The quantitative estimate of drug-likeness (QED) is 0.0182. The minimum Gasteiger partial charge on any atom is -0.460 e. The first-order chi connectivity index (χ1) is 34.3. The summed E-state index contributed by atoms with van der Waals surface area (Å²) in [6.45, 7) is 16.6. The zero-order valence-electron chi connectivity index (χ0n) is 41.6. The Morgan fingerprint density at radius 1 is 0.425 bits per heavy atom. The molecular weight excluding hydrogens is 980 g/mol. The minimum atomic E-state index is -2.02. The highest BCUT2D eigenvalue weighted by Gasteiger charge is 2.53. The number of carbonyl (C=O) groups excluding carboxylic acids is 5. The molecule has 0 saturated carbocycles. The summed E-state index contributed by atoms with van der Waals surface area (Å²) in [5.41, 5.74) is 0.163. The summed E-state index contributed by atoms with van der Waals surface area (Å²) in [6, 6.07) is 0. The lowest BCUT2D eigenvalue weighted by atomic mass is 9.97. The number of ether oxygens (including phenoxy) is 13. The fraction of sp³-hybridized carbons (Fsp3) is 0.681. The molecule has 0 aromatic rings. The van der Waals surface area contributed by atoms with Crippen molar-refractivity contribution in [3.05, 3.63) is 60.8 Å². The fourth-order valence-electron chi connectivity index (χ4n) is 6.11. The van der Waals surface area contributed by atoms with E-state index in [-0.39, 0.29) is 27.9 Å². The van der Waals surface area contributed by atoms with Crippen LogP contribution < -0.4 is 0 Å². The summed E-state index contributed by atoms with van der Waals surface area (Å²) in [5, 5.41) is 87.4. The molecule has 2 saturated heterocycles. The predicted octanol–water partition coefficient (Wildman–Crippen LogP) is -2.87. The maximum absolute atomic E-state index is 12.1. The van der Waals surface area contributed by atoms with Gasteiger partial charge < -0.3 is 102 Å². The largest absolute Gasteiger partial charge is 0.460 e. The van der Waals surface area contributed by atoms with E-state index in [2.05, 4.69) is 32.9 Å². The first-order valence-electron chi connectivity index (χ1n) is 22.8. The van der Waals surface area contributed by atoms with Gasteiger partial charge in [0.2, 0.25) is 0 Å². The first-order valence-corrected chi connectivity index (χ1v) is 22.8. The van der Waals surface area contributed by atoms with Crippen molar-refractivity contribution in [1.82, 2.24) is 0 Å². The molecule has 15 atom stereocenters. The third-order valence-corrected chi connectivity index (χ3v) is 9.97. The molecule has 8 N–H and O–H groups in total. The topological polar surface area (TPSA) is 367 Å². The number of hydrogen-bond donors (Lipinski definition) is 8. The van der Waals surface area contributed by atoms with Crippen molar-refractivity contribution >= 4 is 29.8 Å². The van der Waals surface area contributed by atoms with Gasteiger partial charge in [0.15, 0.2) is 12.6 Å². The van der Waals surface area contributed by atoms with Gasteiger partial charge in [0.25, 0.3) is 0 Å². The number of hydrogen-bond acceptors (Lipinski definition) is 26. The SMILES string of the molecule is C=C(C)C(=O)OCC(O)COC[C@H]1O[C@H](O[C@H]2O[C@H](CO)[C@@H](O)[C@H](OCC(O)COC(=O)C(=C)C)[C@H]2OCC(O)COC(=O)C(=C)C)[C@H](O)[C@@H](OCC(O)COC(=O)C(=C)C)[C@@H]1OCC(O)COC(=O)C(=C)C. The monoisotopic (exact) mass is 1050 g/mol. The normalized spacial score (nSPS) is 25.9. The van der Waals surface area contributed by atoms with Gasteiger partial charge in [0, 0.05) is 27.9 Å². The second-order valence-electron chi connectivity index (χ2n) is 17.3. The molecule has 0 aliphatic carbocycles. The van der Waals surface area contributed by atoms with Crippen LogP contribution >= 0.6 is 0 Å². The van der Waals surface area contributed by atoms with E-state index in [1.807, 2.05) is 0 Å². The number of rotatable bonds is 34. The van der Waals surface area contributed by atoms with Crippen molar-refractivity contribution in [2.24, 2.45) is 0 Å². The Morgan fingerprint density at radius 2 is 0.726 bits per heavy atom. The van der Waals surface area contributed by atoms with Crippen molar-refractivity contribution in [3.63, 3.8) is 0 Å². The standard InChI is InChI=1S/C47H72O26/c1-23(2)41(56)66-17-28(49)12-61-22-34-37(62-13-29(50)18-67-42(57)24(3)4)39(64-15-31(52)20-69-44(59)26(7)8)36(55)46(72-34)73-47-40(65-16-32(53)21-70-45(60)27(9)10)38(35(54)33(11-48)71-47)63-14-30(51)19-68-43(58)25(5)6/h28-40,46-55H,1,3,5,7,9,11-22H2,2,4,6,8,10H3/t28?,29?,30?,31?,32?,33-,34-,35-,36-,37-,38+,39-,40-,46-,47-/m1/s1. The Kier molecular flexibility index (Phi) is 28.9. The Labute approximate surface area is 422 Å². The van der Waals surface area contributed by atoms with Gasteiger partial charge in [-0.3, -0.25) is 0 Å². The summed E-state index contributed by atoms with van der Waals surface area (Å²) >= 11 is 0. The third kappa shape index (κ3) is 22.8. The summed E-state index contributed by atoms with van der Waals surface area (Å²) < 4.78 is 72.8. The summed E-state index contributed by atoms with van der Waals surface area (Å²) in [6.07, 6.45) is -24.8. The molecule has 26 heteroatoms. The Bertz CT molecular complexity index is 1850. The average Bonchev–Trinajstić information content (AvgIpc) is 3.33. The zero-order chi connectivity index (χ0) is 55.1. The van der Waals surface area contributed by atoms with Gasteiger partial charge in [0.1, 0.15) is 112 Å². The molecule has 416 valence electrons. The lowest BCUT2D eigenvalue weighted by molar-refractivity contribution is -0.388. The van der Waals surface area contributed by atoms with Crippen LogP contribution in [0.25, 0.3) is 0 Å². The van der Waals surface area contributed by atoms with E-state index >= 15 is 0 Å². The van der Waals surface area contributed by atoms with E-state index in [1.165, 1.54) is 34.6 Å². The van der Waals surface area contributed by atoms with Crippen molar-refractivity contribution in [3.8, 4) is 0 Å². The van der Waals surface area contributed by atoms with Crippen molar-refractivity contribution < 1.29 is 126 Å². The molecule has 2 heterocycles. The van der Waals surface area contributed by atoms with E-state index in [1.54, 1.807) is 0 Å². The molecule has 5 unspecified atom stereocenters.